The number of carbonyl (C=O) groups excluding carboxylic acids is 2. The van der Waals surface area contributed by atoms with Gasteiger partial charge in [-0.3, -0.25) is 9.59 Å². The molecule has 0 aromatic carbocycles. The highest BCUT2D eigenvalue weighted by molar-refractivity contribution is 5.85. The van der Waals surface area contributed by atoms with Gasteiger partial charge in [0.05, 0.1) is 12.5 Å². The minimum Gasteiger partial charge on any atom is -0.347 e. The van der Waals surface area contributed by atoms with Gasteiger partial charge in [0.1, 0.15) is 0 Å². The summed E-state index contributed by atoms with van der Waals surface area (Å²) < 4.78 is 0. The van der Waals surface area contributed by atoms with Crippen molar-refractivity contribution in [2.75, 3.05) is 40.8 Å². The Morgan fingerprint density at radius 2 is 1.88 bits per heavy atom. The van der Waals surface area contributed by atoms with E-state index in [0.717, 1.165) is 19.5 Å². The number of nitrogens with zero attached hydrogens (tertiary/aromatic N) is 2. The zero-order valence-electron chi connectivity index (χ0n) is 11.2. The van der Waals surface area contributed by atoms with Crippen LogP contribution in [0.4, 0.5) is 0 Å². The third kappa shape index (κ3) is 4.00. The van der Waals surface area contributed by atoms with Crippen LogP contribution < -0.4 is 5.32 Å². The fourth-order valence-electron chi connectivity index (χ4n) is 2.08. The van der Waals surface area contributed by atoms with Crippen molar-refractivity contribution in [2.45, 2.75) is 13.3 Å². The zero-order chi connectivity index (χ0) is 13.0. The number of likely N-dealkylation sites (N-methyl/N-ethyl adjacent to an activating group) is 2. The van der Waals surface area contributed by atoms with E-state index in [2.05, 4.69) is 12.2 Å². The Labute approximate surface area is 103 Å². The maximum absolute atomic E-state index is 12.1. The summed E-state index contributed by atoms with van der Waals surface area (Å²) in [5.74, 6) is 0.561. The van der Waals surface area contributed by atoms with Crippen molar-refractivity contribution in [3.63, 3.8) is 0 Å². The molecule has 1 fully saturated rings. The van der Waals surface area contributed by atoms with E-state index in [1.165, 1.54) is 9.80 Å². The molecule has 98 valence electrons. The average Bonchev–Trinajstić information content (AvgIpc) is 2.27. The van der Waals surface area contributed by atoms with Crippen molar-refractivity contribution in [1.82, 2.24) is 15.1 Å². The number of rotatable bonds is 3. The highest BCUT2D eigenvalue weighted by Crippen LogP contribution is 2.17. The lowest BCUT2D eigenvalue weighted by molar-refractivity contribution is -0.141. The maximum Gasteiger partial charge on any atom is 0.241 e. The van der Waals surface area contributed by atoms with Crippen LogP contribution >= 0.6 is 0 Å². The van der Waals surface area contributed by atoms with Gasteiger partial charge in [0.25, 0.3) is 0 Å². The van der Waals surface area contributed by atoms with Crippen LogP contribution in [-0.4, -0.2) is 62.4 Å². The second-order valence-corrected chi connectivity index (χ2v) is 5.18. The topological polar surface area (TPSA) is 52.7 Å². The SMILES string of the molecule is CC1CNCC(C(=O)N(C)CC(=O)N(C)C)C1. The van der Waals surface area contributed by atoms with E-state index in [0.29, 0.717) is 5.92 Å². The molecule has 0 saturated carbocycles. The first-order chi connectivity index (χ1) is 7.91. The number of amides is 2. The lowest BCUT2D eigenvalue weighted by atomic mass is 9.91. The van der Waals surface area contributed by atoms with Crippen LogP contribution in [0.5, 0.6) is 0 Å². The molecule has 0 aliphatic carbocycles. The highest BCUT2D eigenvalue weighted by Gasteiger charge is 2.27. The van der Waals surface area contributed by atoms with Crippen molar-refractivity contribution in [1.29, 1.82) is 0 Å². The molecule has 1 aliphatic rings. The minimum atomic E-state index is -0.0438. The van der Waals surface area contributed by atoms with E-state index in [-0.39, 0.29) is 24.3 Å². The Kier molecular flexibility index (Phi) is 4.93. The normalized spacial score (nSPS) is 24.2. The summed E-state index contributed by atoms with van der Waals surface area (Å²) in [5, 5.41) is 3.25. The molecule has 1 saturated heterocycles. The largest absolute Gasteiger partial charge is 0.347 e. The molecular weight excluding hydrogens is 218 g/mol. The Balaban J connectivity index is 2.48. The Bertz CT molecular complexity index is 291. The molecule has 5 heteroatoms. The van der Waals surface area contributed by atoms with Crippen molar-refractivity contribution in [2.24, 2.45) is 11.8 Å². The third-order valence-electron chi connectivity index (χ3n) is 3.17. The maximum atomic E-state index is 12.1. The van der Waals surface area contributed by atoms with E-state index in [1.54, 1.807) is 21.1 Å². The summed E-state index contributed by atoms with van der Waals surface area (Å²) in [6.07, 6.45) is 0.909. The molecule has 2 amide bonds. The standard InChI is InChI=1S/C12H23N3O2/c1-9-5-10(7-13-6-9)12(17)15(4)8-11(16)14(2)3/h9-10,13H,5-8H2,1-4H3. The van der Waals surface area contributed by atoms with Crippen LogP contribution in [0.2, 0.25) is 0 Å². The Hall–Kier alpha value is -1.10. The van der Waals surface area contributed by atoms with Crippen molar-refractivity contribution in [3.8, 4) is 0 Å². The van der Waals surface area contributed by atoms with E-state index in [4.69, 9.17) is 0 Å². The first-order valence-corrected chi connectivity index (χ1v) is 6.07. The molecule has 0 aromatic heterocycles. The van der Waals surface area contributed by atoms with Gasteiger partial charge in [-0.2, -0.15) is 0 Å². The highest BCUT2D eigenvalue weighted by atomic mass is 16.2. The molecule has 1 aliphatic heterocycles. The van der Waals surface area contributed by atoms with Crippen LogP contribution in [0, 0.1) is 11.8 Å². The molecular formula is C12H23N3O2. The number of hydrogen-bond donors (Lipinski definition) is 1. The predicted octanol–water partition coefficient (Wildman–Crippen LogP) is -0.221. The van der Waals surface area contributed by atoms with Gasteiger partial charge in [-0.15, -0.1) is 0 Å². The van der Waals surface area contributed by atoms with Crippen LogP contribution in [0.3, 0.4) is 0 Å². The fraction of sp³-hybridized carbons (Fsp3) is 0.833. The van der Waals surface area contributed by atoms with Gasteiger partial charge >= 0.3 is 0 Å². The minimum absolute atomic E-state index is 0.0127. The van der Waals surface area contributed by atoms with Crippen molar-refractivity contribution >= 4 is 11.8 Å². The molecule has 1 heterocycles. The summed E-state index contributed by atoms with van der Waals surface area (Å²) in [6, 6.07) is 0. The Morgan fingerprint density at radius 3 is 2.41 bits per heavy atom. The smallest absolute Gasteiger partial charge is 0.241 e. The molecule has 2 atom stereocenters. The Morgan fingerprint density at radius 1 is 1.24 bits per heavy atom. The summed E-state index contributed by atoms with van der Waals surface area (Å²) in [4.78, 5) is 26.7. The van der Waals surface area contributed by atoms with Gasteiger partial charge in [0, 0.05) is 27.7 Å². The predicted molar refractivity (Wildman–Crippen MR) is 66.5 cm³/mol. The number of hydrogen-bond acceptors (Lipinski definition) is 3. The molecule has 0 radical (unpaired) electrons. The third-order valence-corrected chi connectivity index (χ3v) is 3.17. The molecule has 5 nitrogen and oxygen atoms in total. The van der Waals surface area contributed by atoms with Crippen molar-refractivity contribution in [3.05, 3.63) is 0 Å². The van der Waals surface area contributed by atoms with E-state index >= 15 is 0 Å². The molecule has 0 bridgehead atoms. The van der Waals surface area contributed by atoms with Crippen LogP contribution in [-0.2, 0) is 9.59 Å². The lowest BCUT2D eigenvalue weighted by Crippen LogP contribution is -2.46. The van der Waals surface area contributed by atoms with E-state index < -0.39 is 0 Å². The van der Waals surface area contributed by atoms with Crippen LogP contribution in [0.15, 0.2) is 0 Å². The molecule has 1 rings (SSSR count). The number of piperidine rings is 1. The van der Waals surface area contributed by atoms with Gasteiger partial charge in [-0.25, -0.2) is 0 Å². The monoisotopic (exact) mass is 241 g/mol. The number of nitrogens with one attached hydrogen (secondary N) is 1. The first kappa shape index (κ1) is 14.0. The van der Waals surface area contributed by atoms with Crippen LogP contribution in [0.1, 0.15) is 13.3 Å². The summed E-state index contributed by atoms with van der Waals surface area (Å²) >= 11 is 0. The summed E-state index contributed by atoms with van der Waals surface area (Å²) in [7, 11) is 5.10. The van der Waals surface area contributed by atoms with Gasteiger partial charge < -0.3 is 15.1 Å². The summed E-state index contributed by atoms with van der Waals surface area (Å²) in [6.45, 7) is 4.00. The second kappa shape index (κ2) is 6.00. The quantitative estimate of drug-likeness (QED) is 0.743. The first-order valence-electron chi connectivity index (χ1n) is 6.07. The lowest BCUT2D eigenvalue weighted by Gasteiger charge is -2.30. The van der Waals surface area contributed by atoms with Gasteiger partial charge in [-0.05, 0) is 18.9 Å². The average molecular weight is 241 g/mol. The van der Waals surface area contributed by atoms with Crippen LogP contribution in [0.25, 0.3) is 0 Å². The van der Waals surface area contributed by atoms with Gasteiger partial charge in [-0.1, -0.05) is 6.92 Å². The molecule has 2 unspecified atom stereocenters. The molecule has 0 spiro atoms. The molecule has 17 heavy (non-hydrogen) atoms. The zero-order valence-corrected chi connectivity index (χ0v) is 11.2. The summed E-state index contributed by atoms with van der Waals surface area (Å²) in [5.41, 5.74) is 0. The fourth-order valence-corrected chi connectivity index (χ4v) is 2.08. The van der Waals surface area contributed by atoms with Gasteiger partial charge in [0.15, 0.2) is 0 Å². The van der Waals surface area contributed by atoms with E-state index in [9.17, 15) is 9.59 Å². The molecule has 0 aromatic rings. The molecule has 1 N–H and O–H groups in total. The number of carbonyl (C=O) groups is 2. The van der Waals surface area contributed by atoms with Crippen molar-refractivity contribution < 1.29 is 9.59 Å². The van der Waals surface area contributed by atoms with E-state index in [1.807, 2.05) is 0 Å². The second-order valence-electron chi connectivity index (χ2n) is 5.18. The van der Waals surface area contributed by atoms with Gasteiger partial charge in [0.2, 0.25) is 11.8 Å².